The Morgan fingerprint density at radius 2 is 1.91 bits per heavy atom. The highest BCUT2D eigenvalue weighted by atomic mass is 16.5. The van der Waals surface area contributed by atoms with E-state index in [1.165, 1.54) is 0 Å². The van der Waals surface area contributed by atoms with Crippen LogP contribution in [0.4, 0.5) is 0 Å². The first-order chi connectivity index (χ1) is 21.6. The van der Waals surface area contributed by atoms with E-state index in [0.717, 1.165) is 80.2 Å². The number of aliphatic hydroxyl groups is 1. The van der Waals surface area contributed by atoms with Gasteiger partial charge in [-0.2, -0.15) is 5.26 Å². The molecule has 240 valence electrons. The quantitative estimate of drug-likeness (QED) is 0.291. The molecule has 9 nitrogen and oxygen atoms in total. The molecule has 5 rings (SSSR count). The lowest BCUT2D eigenvalue weighted by atomic mass is 9.71. The van der Waals surface area contributed by atoms with Gasteiger partial charge in [0.1, 0.15) is 19.2 Å². The number of carbonyl (C=O) groups is 1. The second-order valence-corrected chi connectivity index (χ2v) is 13.8. The Bertz CT molecular complexity index is 1500. The number of ether oxygens (including phenoxy) is 1. The number of fused-ring (bicyclic) bond motifs is 1. The summed E-state index contributed by atoms with van der Waals surface area (Å²) in [7, 11) is 4.10. The molecule has 1 saturated carbocycles. The van der Waals surface area contributed by atoms with E-state index in [1.807, 2.05) is 30.3 Å². The van der Waals surface area contributed by atoms with Crippen molar-refractivity contribution in [1.82, 2.24) is 14.9 Å². The van der Waals surface area contributed by atoms with Gasteiger partial charge in [-0.05, 0) is 92.7 Å². The number of aromatic nitrogens is 2. The number of carbonyl (C=O) groups excluding carboxylic acids is 1. The number of benzene rings is 1. The number of primary amides is 1. The summed E-state index contributed by atoms with van der Waals surface area (Å²) in [5.74, 6) is 0.131. The van der Waals surface area contributed by atoms with Crippen LogP contribution in [0.1, 0.15) is 63.1 Å². The number of unbranched alkanes of at least 4 members (excludes halogenated alkanes) is 1. The fourth-order valence-electron chi connectivity index (χ4n) is 7.63. The van der Waals surface area contributed by atoms with Crippen LogP contribution in [-0.4, -0.2) is 88.9 Å². The highest BCUT2D eigenvalue weighted by molar-refractivity contribution is 5.87. The molecule has 45 heavy (non-hydrogen) atoms. The molecule has 1 aliphatic heterocycles. The van der Waals surface area contributed by atoms with Crippen molar-refractivity contribution >= 4 is 16.7 Å². The van der Waals surface area contributed by atoms with Crippen LogP contribution in [0.2, 0.25) is 0 Å². The molecule has 1 aromatic carbocycles. The Balaban J connectivity index is 1.21. The van der Waals surface area contributed by atoms with Crippen LogP contribution >= 0.6 is 0 Å². The average molecular weight is 614 g/mol. The summed E-state index contributed by atoms with van der Waals surface area (Å²) in [5.41, 5.74) is 5.90. The summed E-state index contributed by atoms with van der Waals surface area (Å²) >= 11 is 0. The molecule has 1 aliphatic carbocycles. The fourth-order valence-corrected chi connectivity index (χ4v) is 7.63. The summed E-state index contributed by atoms with van der Waals surface area (Å²) in [6, 6.07) is 16.4. The zero-order valence-electron chi connectivity index (χ0n) is 27.1. The van der Waals surface area contributed by atoms with Crippen molar-refractivity contribution in [3.8, 4) is 11.9 Å². The van der Waals surface area contributed by atoms with Gasteiger partial charge >= 0.3 is 0 Å². The van der Waals surface area contributed by atoms with E-state index < -0.39 is 16.9 Å². The number of hydrogen-bond acceptors (Lipinski definition) is 7. The monoisotopic (exact) mass is 613 g/mol. The predicted molar refractivity (Wildman–Crippen MR) is 175 cm³/mol. The topological polar surface area (TPSA) is 125 Å². The van der Waals surface area contributed by atoms with E-state index >= 15 is 0 Å². The number of nitriles is 1. The van der Waals surface area contributed by atoms with E-state index in [4.69, 9.17) is 15.5 Å². The number of hydrogen-bond donors (Lipinski definition) is 2. The van der Waals surface area contributed by atoms with Gasteiger partial charge in [-0.15, -0.1) is 0 Å². The second kappa shape index (κ2) is 13.8. The standard InChI is InChI=1S/C36H48N6O3/c1-4-5-9-30-23-28-8-6-7-10-31(28)33(40-30)45-22-21-42(2,3)32-12-11-27(24-36(32,44)34(38)43)25-41-19-15-35(26-37,16-20-41)29-13-17-39-18-14-29/h6-8,10,13-14,17-18,23,27,32,44H,4-5,9,11-12,15-16,19-22,24-25H2,1-3H3,(H-,38,43)/p+1/t27?,32-,36-/m0/s1. The normalized spacial score (nSPS) is 23.8. The average Bonchev–Trinajstić information content (AvgIpc) is 3.04. The van der Waals surface area contributed by atoms with Crippen molar-refractivity contribution in [2.45, 2.75) is 75.3 Å². The molecular formula is C36H49N6O3+. The number of piperidine rings is 1. The van der Waals surface area contributed by atoms with Crippen molar-refractivity contribution in [2.24, 2.45) is 11.7 Å². The molecule has 2 aliphatic rings. The van der Waals surface area contributed by atoms with Crippen molar-refractivity contribution in [3.05, 3.63) is 66.1 Å². The first-order valence-corrected chi connectivity index (χ1v) is 16.5. The van der Waals surface area contributed by atoms with E-state index in [-0.39, 0.29) is 12.0 Å². The number of amides is 1. The summed E-state index contributed by atoms with van der Waals surface area (Å²) in [6.07, 6.45) is 10.0. The highest BCUT2D eigenvalue weighted by Gasteiger charge is 2.54. The first kappa shape index (κ1) is 32.8. The number of pyridine rings is 2. The van der Waals surface area contributed by atoms with E-state index in [9.17, 15) is 15.2 Å². The van der Waals surface area contributed by atoms with Gasteiger partial charge in [0, 0.05) is 36.4 Å². The molecule has 3 heterocycles. The van der Waals surface area contributed by atoms with Gasteiger partial charge in [0.15, 0.2) is 5.60 Å². The van der Waals surface area contributed by atoms with Crippen molar-refractivity contribution in [1.29, 1.82) is 5.26 Å². The molecule has 3 atom stereocenters. The van der Waals surface area contributed by atoms with Crippen molar-refractivity contribution in [2.75, 3.05) is 46.9 Å². The van der Waals surface area contributed by atoms with Gasteiger partial charge in [-0.3, -0.25) is 9.78 Å². The van der Waals surface area contributed by atoms with E-state index in [2.05, 4.69) is 49.1 Å². The van der Waals surface area contributed by atoms with Crippen molar-refractivity contribution < 1.29 is 19.1 Å². The van der Waals surface area contributed by atoms with Crippen LogP contribution < -0.4 is 10.5 Å². The minimum absolute atomic E-state index is 0.145. The number of aryl methyl sites for hydroxylation is 1. The zero-order chi connectivity index (χ0) is 32.1. The van der Waals surface area contributed by atoms with Gasteiger partial charge in [-0.25, -0.2) is 4.98 Å². The second-order valence-electron chi connectivity index (χ2n) is 13.8. The zero-order valence-corrected chi connectivity index (χ0v) is 27.1. The molecule has 2 aromatic heterocycles. The lowest BCUT2D eigenvalue weighted by Crippen LogP contribution is -2.68. The highest BCUT2D eigenvalue weighted by Crippen LogP contribution is 2.40. The Morgan fingerprint density at radius 3 is 2.60 bits per heavy atom. The van der Waals surface area contributed by atoms with Gasteiger partial charge in [-0.1, -0.05) is 31.5 Å². The molecule has 9 heteroatoms. The molecule has 0 bridgehead atoms. The summed E-state index contributed by atoms with van der Waals surface area (Å²) in [4.78, 5) is 24.2. The third-order valence-corrected chi connectivity index (χ3v) is 10.4. The summed E-state index contributed by atoms with van der Waals surface area (Å²) in [6.45, 7) is 5.55. The third kappa shape index (κ3) is 7.14. The number of quaternary nitrogens is 1. The lowest BCUT2D eigenvalue weighted by Gasteiger charge is -2.49. The molecule has 1 saturated heterocycles. The SMILES string of the molecule is CCCCc1cc2ccccc2c(OCC[N+](C)(C)[C@H]2CCC(CN3CCC(C#N)(c4ccncc4)CC3)C[C@@]2(O)C(N)=O)n1. The maximum Gasteiger partial charge on any atom is 0.255 e. The molecule has 1 unspecified atom stereocenters. The molecule has 3 N–H and O–H groups in total. The number of likely N-dealkylation sites (N-methyl/N-ethyl adjacent to an activating group) is 1. The smallest absolute Gasteiger partial charge is 0.255 e. The van der Waals surface area contributed by atoms with E-state index in [1.54, 1.807) is 12.4 Å². The molecule has 0 spiro atoms. The molecule has 2 fully saturated rings. The maximum absolute atomic E-state index is 12.9. The lowest BCUT2D eigenvalue weighted by molar-refractivity contribution is -0.922. The van der Waals surface area contributed by atoms with E-state index in [0.29, 0.717) is 36.4 Å². The molecule has 1 amide bonds. The van der Waals surface area contributed by atoms with Gasteiger partial charge < -0.3 is 25.0 Å². The van der Waals surface area contributed by atoms with Crippen molar-refractivity contribution in [3.63, 3.8) is 0 Å². The van der Waals surface area contributed by atoms with Gasteiger partial charge in [0.25, 0.3) is 5.91 Å². The summed E-state index contributed by atoms with van der Waals surface area (Å²) in [5, 5.41) is 24.1. The van der Waals surface area contributed by atoms with Gasteiger partial charge in [0.05, 0.1) is 25.6 Å². The van der Waals surface area contributed by atoms with Crippen LogP contribution in [-0.2, 0) is 16.6 Å². The Labute approximate surface area is 267 Å². The minimum Gasteiger partial charge on any atom is -0.471 e. The molecule has 3 aromatic rings. The number of likely N-dealkylation sites (tertiary alicyclic amines) is 1. The Kier molecular flexibility index (Phi) is 10.1. The van der Waals surface area contributed by atoms with Crippen LogP contribution in [0.25, 0.3) is 10.8 Å². The number of nitrogens with two attached hydrogens (primary N) is 1. The van der Waals surface area contributed by atoms with Crippen LogP contribution in [0.15, 0.2) is 54.9 Å². The number of nitrogens with zero attached hydrogens (tertiary/aromatic N) is 5. The maximum atomic E-state index is 12.9. The van der Waals surface area contributed by atoms with Crippen LogP contribution in [0, 0.1) is 17.2 Å². The van der Waals surface area contributed by atoms with Crippen LogP contribution in [0.5, 0.6) is 5.88 Å². The molecular weight excluding hydrogens is 564 g/mol. The van der Waals surface area contributed by atoms with Crippen LogP contribution in [0.3, 0.4) is 0 Å². The molecule has 0 radical (unpaired) electrons. The fraction of sp³-hybridized carbons (Fsp3) is 0.556. The summed E-state index contributed by atoms with van der Waals surface area (Å²) < 4.78 is 6.73. The third-order valence-electron chi connectivity index (χ3n) is 10.4. The largest absolute Gasteiger partial charge is 0.471 e. The Morgan fingerprint density at radius 1 is 1.18 bits per heavy atom. The first-order valence-electron chi connectivity index (χ1n) is 16.5. The predicted octanol–water partition coefficient (Wildman–Crippen LogP) is 4.37. The Hall–Kier alpha value is -3.58. The number of rotatable bonds is 12. The minimum atomic E-state index is -1.61. The van der Waals surface area contributed by atoms with Gasteiger partial charge in [0.2, 0.25) is 5.88 Å².